The molecule has 0 aliphatic carbocycles. The zero-order valence-corrected chi connectivity index (χ0v) is 15.2. The molecule has 0 saturated heterocycles. The second-order valence-electron chi connectivity index (χ2n) is 6.41. The summed E-state index contributed by atoms with van der Waals surface area (Å²) in [5.41, 5.74) is 1.49. The van der Waals surface area contributed by atoms with E-state index in [9.17, 15) is 0 Å². The van der Waals surface area contributed by atoms with E-state index in [4.69, 9.17) is 0 Å². The number of unbranched alkanes of at least 4 members (excludes halogenated alkanes) is 7. The zero-order valence-electron chi connectivity index (χ0n) is 15.2. The van der Waals surface area contributed by atoms with Crippen LogP contribution in [0.1, 0.15) is 90.2 Å². The molecule has 1 atom stereocenters. The van der Waals surface area contributed by atoms with Gasteiger partial charge >= 0.3 is 0 Å². The summed E-state index contributed by atoms with van der Waals surface area (Å²) in [6.45, 7) is 9.15. The van der Waals surface area contributed by atoms with E-state index < -0.39 is 0 Å². The summed E-state index contributed by atoms with van der Waals surface area (Å²) in [4.78, 5) is 2.61. The van der Waals surface area contributed by atoms with Crippen LogP contribution in [0.3, 0.4) is 0 Å². The van der Waals surface area contributed by atoms with Crippen molar-refractivity contribution < 1.29 is 0 Å². The molecule has 0 aliphatic heterocycles. The van der Waals surface area contributed by atoms with Crippen molar-refractivity contribution in [2.75, 3.05) is 13.1 Å². The fourth-order valence-electron chi connectivity index (χ4n) is 3.37. The second-order valence-corrected chi connectivity index (χ2v) is 6.41. The SMILES string of the molecule is CCCCCCCCCCC(c1ccccc1)N(CC)CC. The number of hydrogen-bond acceptors (Lipinski definition) is 1. The summed E-state index contributed by atoms with van der Waals surface area (Å²) >= 11 is 0. The molecule has 0 aliphatic rings. The third-order valence-corrected chi connectivity index (χ3v) is 4.77. The molecule has 1 rings (SSSR count). The van der Waals surface area contributed by atoms with Crippen molar-refractivity contribution in [1.29, 1.82) is 0 Å². The van der Waals surface area contributed by atoms with Gasteiger partial charge in [0.15, 0.2) is 0 Å². The number of rotatable bonds is 13. The van der Waals surface area contributed by atoms with Gasteiger partial charge in [0.05, 0.1) is 0 Å². The summed E-state index contributed by atoms with van der Waals surface area (Å²) < 4.78 is 0. The molecule has 126 valence electrons. The minimum atomic E-state index is 0.608. The Balaban J connectivity index is 2.33. The Morgan fingerprint density at radius 2 is 1.27 bits per heavy atom. The molecule has 1 heteroatoms. The summed E-state index contributed by atoms with van der Waals surface area (Å²) in [6.07, 6.45) is 12.6. The minimum absolute atomic E-state index is 0.608. The third kappa shape index (κ3) is 7.45. The molecule has 1 aromatic carbocycles. The molecule has 0 fully saturated rings. The molecular weight excluding hydrogens is 266 g/mol. The fourth-order valence-corrected chi connectivity index (χ4v) is 3.37. The quantitative estimate of drug-likeness (QED) is 0.371. The molecule has 0 saturated carbocycles. The highest BCUT2D eigenvalue weighted by atomic mass is 15.1. The lowest BCUT2D eigenvalue weighted by molar-refractivity contribution is 0.204. The van der Waals surface area contributed by atoms with Gasteiger partial charge in [0, 0.05) is 6.04 Å². The Bertz CT molecular complexity index is 342. The number of nitrogens with zero attached hydrogens (tertiary/aromatic N) is 1. The molecule has 1 nitrogen and oxygen atoms in total. The van der Waals surface area contributed by atoms with Crippen LogP contribution < -0.4 is 0 Å². The van der Waals surface area contributed by atoms with E-state index in [2.05, 4.69) is 56.0 Å². The minimum Gasteiger partial charge on any atom is -0.297 e. The molecule has 1 aromatic rings. The van der Waals surface area contributed by atoms with Gasteiger partial charge in [-0.25, -0.2) is 0 Å². The Morgan fingerprint density at radius 1 is 0.727 bits per heavy atom. The molecule has 22 heavy (non-hydrogen) atoms. The topological polar surface area (TPSA) is 3.24 Å². The lowest BCUT2D eigenvalue weighted by Crippen LogP contribution is -2.28. The second kappa shape index (κ2) is 12.7. The van der Waals surface area contributed by atoms with Crippen LogP contribution in [0.4, 0.5) is 0 Å². The van der Waals surface area contributed by atoms with Crippen LogP contribution in [0, 0.1) is 0 Å². The zero-order chi connectivity index (χ0) is 16.0. The molecule has 1 unspecified atom stereocenters. The smallest absolute Gasteiger partial charge is 0.0347 e. The summed E-state index contributed by atoms with van der Waals surface area (Å²) in [7, 11) is 0. The van der Waals surface area contributed by atoms with Crippen LogP contribution in [0.2, 0.25) is 0 Å². The van der Waals surface area contributed by atoms with Gasteiger partial charge in [-0.2, -0.15) is 0 Å². The molecule has 0 radical (unpaired) electrons. The third-order valence-electron chi connectivity index (χ3n) is 4.77. The highest BCUT2D eigenvalue weighted by molar-refractivity contribution is 5.19. The predicted octanol–water partition coefficient (Wildman–Crippen LogP) is 6.60. The van der Waals surface area contributed by atoms with Gasteiger partial charge in [0.2, 0.25) is 0 Å². The molecule has 0 N–H and O–H groups in total. The normalized spacial score (nSPS) is 12.7. The van der Waals surface area contributed by atoms with E-state index >= 15 is 0 Å². The van der Waals surface area contributed by atoms with Crippen molar-refractivity contribution in [3.8, 4) is 0 Å². The van der Waals surface area contributed by atoms with Crippen molar-refractivity contribution >= 4 is 0 Å². The van der Waals surface area contributed by atoms with Crippen LogP contribution in [0.5, 0.6) is 0 Å². The van der Waals surface area contributed by atoms with Crippen molar-refractivity contribution in [2.45, 2.75) is 84.6 Å². The molecule has 0 aromatic heterocycles. The Kier molecular flexibility index (Phi) is 11.1. The van der Waals surface area contributed by atoms with Crippen LogP contribution in [-0.2, 0) is 0 Å². The van der Waals surface area contributed by atoms with Crippen LogP contribution in [-0.4, -0.2) is 18.0 Å². The molecule has 0 heterocycles. The van der Waals surface area contributed by atoms with Crippen molar-refractivity contribution in [2.24, 2.45) is 0 Å². The van der Waals surface area contributed by atoms with E-state index in [1.807, 2.05) is 0 Å². The van der Waals surface area contributed by atoms with Crippen LogP contribution in [0.15, 0.2) is 30.3 Å². The Morgan fingerprint density at radius 3 is 1.82 bits per heavy atom. The van der Waals surface area contributed by atoms with Gasteiger partial charge in [-0.05, 0) is 25.1 Å². The van der Waals surface area contributed by atoms with Gasteiger partial charge in [0.1, 0.15) is 0 Å². The average Bonchev–Trinajstić information content (AvgIpc) is 2.57. The summed E-state index contributed by atoms with van der Waals surface area (Å²) in [5, 5.41) is 0. The van der Waals surface area contributed by atoms with Crippen LogP contribution >= 0.6 is 0 Å². The van der Waals surface area contributed by atoms with Gasteiger partial charge in [-0.15, -0.1) is 0 Å². The van der Waals surface area contributed by atoms with E-state index in [0.717, 1.165) is 13.1 Å². The van der Waals surface area contributed by atoms with Crippen LogP contribution in [0.25, 0.3) is 0 Å². The maximum atomic E-state index is 2.61. The largest absolute Gasteiger partial charge is 0.297 e. The maximum absolute atomic E-state index is 2.61. The van der Waals surface area contributed by atoms with Gasteiger partial charge in [-0.3, -0.25) is 4.90 Å². The van der Waals surface area contributed by atoms with Gasteiger partial charge in [-0.1, -0.05) is 102 Å². The van der Waals surface area contributed by atoms with Gasteiger partial charge in [0.25, 0.3) is 0 Å². The van der Waals surface area contributed by atoms with E-state index in [0.29, 0.717) is 6.04 Å². The Labute approximate surface area is 139 Å². The number of benzene rings is 1. The van der Waals surface area contributed by atoms with Gasteiger partial charge < -0.3 is 0 Å². The Hall–Kier alpha value is -0.820. The standard InChI is InChI=1S/C21H37N/c1-4-7-8-9-10-11-12-16-19-21(22(5-2)6-3)20-17-14-13-15-18-20/h13-15,17-18,21H,4-12,16,19H2,1-3H3. The van der Waals surface area contributed by atoms with E-state index in [1.54, 1.807) is 0 Å². The predicted molar refractivity (Wildman–Crippen MR) is 99.3 cm³/mol. The first kappa shape index (κ1) is 19.2. The maximum Gasteiger partial charge on any atom is 0.0347 e. The molecule has 0 spiro atoms. The first-order valence-electron chi connectivity index (χ1n) is 9.62. The average molecular weight is 304 g/mol. The lowest BCUT2D eigenvalue weighted by atomic mass is 9.98. The first-order chi connectivity index (χ1) is 10.8. The highest BCUT2D eigenvalue weighted by Crippen LogP contribution is 2.26. The molecule has 0 bridgehead atoms. The molecular formula is C21H37N. The number of hydrogen-bond donors (Lipinski definition) is 0. The fraction of sp³-hybridized carbons (Fsp3) is 0.714. The van der Waals surface area contributed by atoms with Crippen molar-refractivity contribution in [1.82, 2.24) is 4.90 Å². The van der Waals surface area contributed by atoms with Crippen molar-refractivity contribution in [3.05, 3.63) is 35.9 Å². The summed E-state index contributed by atoms with van der Waals surface area (Å²) in [5.74, 6) is 0. The monoisotopic (exact) mass is 303 g/mol. The summed E-state index contributed by atoms with van der Waals surface area (Å²) in [6, 6.07) is 11.7. The lowest BCUT2D eigenvalue weighted by Gasteiger charge is -2.30. The first-order valence-corrected chi connectivity index (χ1v) is 9.62. The van der Waals surface area contributed by atoms with E-state index in [-0.39, 0.29) is 0 Å². The van der Waals surface area contributed by atoms with E-state index in [1.165, 1.54) is 63.4 Å². The molecule has 0 amide bonds. The highest BCUT2D eigenvalue weighted by Gasteiger charge is 2.16. The van der Waals surface area contributed by atoms with Crippen molar-refractivity contribution in [3.63, 3.8) is 0 Å².